The molecule has 2 aliphatic rings. The van der Waals surface area contributed by atoms with Gasteiger partial charge in [-0.05, 0) is 69.3 Å². The summed E-state index contributed by atoms with van der Waals surface area (Å²) in [6.07, 6.45) is 4.76. The zero-order valence-corrected chi connectivity index (χ0v) is 16.1. The highest BCUT2D eigenvalue weighted by Gasteiger charge is 2.37. The highest BCUT2D eigenvalue weighted by molar-refractivity contribution is 6.08. The maximum atomic E-state index is 13.4. The molecule has 0 aliphatic carbocycles. The van der Waals surface area contributed by atoms with Crippen LogP contribution in [0, 0.1) is 12.3 Å². The molecule has 0 bridgehead atoms. The van der Waals surface area contributed by atoms with Crippen molar-refractivity contribution in [3.63, 3.8) is 0 Å². The molecule has 2 saturated heterocycles. The van der Waals surface area contributed by atoms with Crippen LogP contribution in [0.4, 0.5) is 0 Å². The molecule has 4 rings (SSSR count). The summed E-state index contributed by atoms with van der Waals surface area (Å²) in [5, 5.41) is 4.46. The number of carbonyl (C=O) groups is 1. The molecule has 2 aliphatic heterocycles. The lowest BCUT2D eigenvalue weighted by Crippen LogP contribution is -2.47. The molecule has 0 saturated carbocycles. The normalized spacial score (nSPS) is 19.9. The number of benzene rings is 1. The van der Waals surface area contributed by atoms with Gasteiger partial charge < -0.3 is 19.5 Å². The third-order valence-electron chi connectivity index (χ3n) is 6.69. The van der Waals surface area contributed by atoms with Gasteiger partial charge in [-0.2, -0.15) is 0 Å². The molecule has 0 atom stereocenters. The Hall–Kier alpha value is -2.01. The number of nitrogens with one attached hydrogen (secondary N) is 1. The zero-order valence-electron chi connectivity index (χ0n) is 16.1. The molecule has 1 spiro atoms. The summed E-state index contributed by atoms with van der Waals surface area (Å²) in [5.41, 5.74) is 3.40. The van der Waals surface area contributed by atoms with Gasteiger partial charge in [-0.1, -0.05) is 0 Å². The van der Waals surface area contributed by atoms with Crippen molar-refractivity contribution in [3.8, 4) is 5.75 Å². The van der Waals surface area contributed by atoms with Crippen LogP contribution in [0.25, 0.3) is 10.9 Å². The molecule has 5 heteroatoms. The number of ether oxygens (including phenoxy) is 1. The van der Waals surface area contributed by atoms with Gasteiger partial charge in [-0.15, -0.1) is 0 Å². The predicted molar refractivity (Wildman–Crippen MR) is 104 cm³/mol. The van der Waals surface area contributed by atoms with E-state index in [-0.39, 0.29) is 5.91 Å². The van der Waals surface area contributed by atoms with Crippen LogP contribution in [-0.2, 0) is 7.05 Å². The Bertz CT molecular complexity index is 823. The van der Waals surface area contributed by atoms with Crippen LogP contribution in [0.1, 0.15) is 41.7 Å². The standard InChI is InChI=1S/C21H29N3O2/c1-15-19(17-14-16(26-3)4-5-18(17)23(15)2)20(25)24-12-8-21(9-13-24)6-10-22-11-7-21/h4-5,14,22H,6-13H2,1-3H3. The second-order valence-corrected chi connectivity index (χ2v) is 7.94. The minimum absolute atomic E-state index is 0.171. The lowest BCUT2D eigenvalue weighted by Gasteiger charge is -2.44. The first-order chi connectivity index (χ1) is 12.5. The number of aryl methyl sites for hydroxylation is 1. The molecule has 3 heterocycles. The predicted octanol–water partition coefficient (Wildman–Crippen LogP) is 3.10. The van der Waals surface area contributed by atoms with E-state index in [2.05, 4.69) is 14.8 Å². The van der Waals surface area contributed by atoms with Gasteiger partial charge in [0.15, 0.2) is 0 Å². The van der Waals surface area contributed by atoms with Gasteiger partial charge >= 0.3 is 0 Å². The van der Waals surface area contributed by atoms with Crippen LogP contribution in [0.2, 0.25) is 0 Å². The van der Waals surface area contributed by atoms with Crippen LogP contribution in [0.15, 0.2) is 18.2 Å². The molecule has 140 valence electrons. The number of nitrogens with zero attached hydrogens (tertiary/aromatic N) is 2. The van der Waals surface area contributed by atoms with E-state index in [1.807, 2.05) is 32.2 Å². The number of carbonyl (C=O) groups excluding carboxylic acids is 1. The Balaban J connectivity index is 1.61. The fraction of sp³-hybridized carbons (Fsp3) is 0.571. The minimum atomic E-state index is 0.171. The van der Waals surface area contributed by atoms with Gasteiger partial charge in [-0.3, -0.25) is 4.79 Å². The molecule has 1 N–H and O–H groups in total. The van der Waals surface area contributed by atoms with Crippen molar-refractivity contribution in [1.29, 1.82) is 0 Å². The quantitative estimate of drug-likeness (QED) is 0.900. The average Bonchev–Trinajstić information content (AvgIpc) is 2.92. The number of amides is 1. The molecular weight excluding hydrogens is 326 g/mol. The largest absolute Gasteiger partial charge is 0.497 e. The lowest BCUT2D eigenvalue weighted by atomic mass is 9.71. The number of likely N-dealkylation sites (tertiary alicyclic amines) is 1. The third kappa shape index (κ3) is 2.78. The molecule has 1 amide bonds. The smallest absolute Gasteiger partial charge is 0.256 e. The van der Waals surface area contributed by atoms with E-state index < -0.39 is 0 Å². The maximum absolute atomic E-state index is 13.4. The van der Waals surface area contributed by atoms with Gasteiger partial charge in [0, 0.05) is 36.7 Å². The fourth-order valence-electron chi connectivity index (χ4n) is 4.75. The van der Waals surface area contributed by atoms with Crippen LogP contribution in [0.3, 0.4) is 0 Å². The Morgan fingerprint density at radius 1 is 1.15 bits per heavy atom. The molecular formula is C21H29N3O2. The SMILES string of the molecule is COc1ccc2c(c1)c(C(=O)N1CCC3(CCNCC3)CC1)c(C)n2C. The molecule has 0 radical (unpaired) electrons. The monoisotopic (exact) mass is 355 g/mol. The Morgan fingerprint density at radius 2 is 1.85 bits per heavy atom. The van der Waals surface area contributed by atoms with Crippen molar-refractivity contribution in [3.05, 3.63) is 29.5 Å². The highest BCUT2D eigenvalue weighted by Crippen LogP contribution is 2.40. The average molecular weight is 355 g/mol. The second-order valence-electron chi connectivity index (χ2n) is 7.94. The summed E-state index contributed by atoms with van der Waals surface area (Å²) in [6, 6.07) is 5.99. The Kier molecular flexibility index (Phi) is 4.43. The molecule has 26 heavy (non-hydrogen) atoms. The topological polar surface area (TPSA) is 46.5 Å². The third-order valence-corrected chi connectivity index (χ3v) is 6.69. The van der Waals surface area contributed by atoms with Crippen LogP contribution in [-0.4, -0.2) is 48.7 Å². The summed E-state index contributed by atoms with van der Waals surface area (Å²) in [7, 11) is 3.70. The number of aromatic nitrogens is 1. The number of rotatable bonds is 2. The fourth-order valence-corrected chi connectivity index (χ4v) is 4.75. The van der Waals surface area contributed by atoms with Gasteiger partial charge in [-0.25, -0.2) is 0 Å². The molecule has 2 aromatic rings. The van der Waals surface area contributed by atoms with Gasteiger partial charge in [0.1, 0.15) is 5.75 Å². The second kappa shape index (κ2) is 6.62. The first kappa shape index (κ1) is 17.4. The number of fused-ring (bicyclic) bond motifs is 1. The molecule has 2 fully saturated rings. The van der Waals surface area contributed by atoms with E-state index in [1.54, 1.807) is 7.11 Å². The van der Waals surface area contributed by atoms with E-state index >= 15 is 0 Å². The van der Waals surface area contributed by atoms with E-state index in [0.29, 0.717) is 5.41 Å². The van der Waals surface area contributed by atoms with Crippen molar-refractivity contribution < 1.29 is 9.53 Å². The van der Waals surface area contributed by atoms with Crippen molar-refractivity contribution in [2.24, 2.45) is 12.5 Å². The van der Waals surface area contributed by atoms with Crippen LogP contribution >= 0.6 is 0 Å². The summed E-state index contributed by atoms with van der Waals surface area (Å²) < 4.78 is 7.50. The molecule has 0 unspecified atom stereocenters. The summed E-state index contributed by atoms with van der Waals surface area (Å²) in [6.45, 7) is 6.03. The molecule has 1 aromatic heterocycles. The highest BCUT2D eigenvalue weighted by atomic mass is 16.5. The van der Waals surface area contributed by atoms with Gasteiger partial charge in [0.25, 0.3) is 5.91 Å². The summed E-state index contributed by atoms with van der Waals surface area (Å²) in [4.78, 5) is 15.4. The number of hydrogen-bond acceptors (Lipinski definition) is 3. The first-order valence-electron chi connectivity index (χ1n) is 9.68. The van der Waals surface area contributed by atoms with Crippen molar-refractivity contribution >= 4 is 16.8 Å². The maximum Gasteiger partial charge on any atom is 0.256 e. The van der Waals surface area contributed by atoms with Crippen molar-refractivity contribution in [1.82, 2.24) is 14.8 Å². The van der Waals surface area contributed by atoms with E-state index in [9.17, 15) is 4.79 Å². The Morgan fingerprint density at radius 3 is 2.50 bits per heavy atom. The number of hydrogen-bond donors (Lipinski definition) is 1. The minimum Gasteiger partial charge on any atom is -0.497 e. The van der Waals surface area contributed by atoms with E-state index in [0.717, 1.165) is 66.9 Å². The lowest BCUT2D eigenvalue weighted by molar-refractivity contribution is 0.0496. The van der Waals surface area contributed by atoms with Crippen molar-refractivity contribution in [2.45, 2.75) is 32.6 Å². The van der Waals surface area contributed by atoms with Gasteiger partial charge in [0.05, 0.1) is 12.7 Å². The first-order valence-corrected chi connectivity index (χ1v) is 9.68. The van der Waals surface area contributed by atoms with E-state index in [1.165, 1.54) is 12.8 Å². The van der Waals surface area contributed by atoms with Gasteiger partial charge in [0.2, 0.25) is 0 Å². The van der Waals surface area contributed by atoms with Crippen LogP contribution in [0.5, 0.6) is 5.75 Å². The van der Waals surface area contributed by atoms with Crippen LogP contribution < -0.4 is 10.1 Å². The summed E-state index contributed by atoms with van der Waals surface area (Å²) >= 11 is 0. The van der Waals surface area contributed by atoms with Crippen molar-refractivity contribution in [2.75, 3.05) is 33.3 Å². The zero-order chi connectivity index (χ0) is 18.3. The number of piperidine rings is 2. The molecule has 1 aromatic carbocycles. The molecule has 5 nitrogen and oxygen atoms in total. The Labute approximate surface area is 155 Å². The summed E-state index contributed by atoms with van der Waals surface area (Å²) in [5.74, 6) is 0.967. The van der Waals surface area contributed by atoms with E-state index in [4.69, 9.17) is 4.74 Å². The number of methoxy groups -OCH3 is 1.